The fourth-order valence-electron chi connectivity index (χ4n) is 2.49. The van der Waals surface area contributed by atoms with E-state index in [0.29, 0.717) is 4.57 Å². The first-order valence-electron chi connectivity index (χ1n) is 7.27. The molecule has 130 valence electrons. The molecule has 0 saturated carbocycles. The van der Waals surface area contributed by atoms with Crippen LogP contribution in [-0.2, 0) is 9.47 Å². The number of aryl methyl sites for hydroxylation is 1. The Morgan fingerprint density at radius 2 is 2.29 bits per heavy atom. The number of aromatic nitrogens is 2. The summed E-state index contributed by atoms with van der Waals surface area (Å²) in [5.41, 5.74) is 6.99. The summed E-state index contributed by atoms with van der Waals surface area (Å²) in [6, 6.07) is -0.667. The molecule has 1 aliphatic rings. The quantitative estimate of drug-likeness (QED) is 0.473. The molecular weight excluding hydrogens is 322 g/mol. The lowest BCUT2D eigenvalue weighted by Gasteiger charge is -2.17. The molecule has 3 atom stereocenters. The summed E-state index contributed by atoms with van der Waals surface area (Å²) in [5.74, 6) is 0. The van der Waals surface area contributed by atoms with Gasteiger partial charge >= 0.3 is 11.8 Å². The third kappa shape index (κ3) is 3.18. The summed E-state index contributed by atoms with van der Waals surface area (Å²) < 4.78 is 11.7. The highest BCUT2D eigenvalue weighted by molar-refractivity contribution is 5.70. The van der Waals surface area contributed by atoms with Gasteiger partial charge in [-0.15, -0.1) is 0 Å². The number of carbonyl (C=O) groups excluding carboxylic acids is 1. The van der Waals surface area contributed by atoms with E-state index in [0.717, 1.165) is 4.57 Å². The number of aliphatic hydroxyl groups is 1. The summed E-state index contributed by atoms with van der Waals surface area (Å²) in [6.45, 7) is 2.60. The van der Waals surface area contributed by atoms with Crippen LogP contribution in [0.15, 0.2) is 20.9 Å². The van der Waals surface area contributed by atoms with Gasteiger partial charge in [0.25, 0.3) is 5.56 Å². The van der Waals surface area contributed by atoms with E-state index in [1.807, 2.05) is 0 Å². The Hall–Kier alpha value is -2.62. The highest BCUT2D eigenvalue weighted by Gasteiger charge is 2.36. The monoisotopic (exact) mass is 339 g/mol. The van der Waals surface area contributed by atoms with Crippen LogP contribution >= 0.6 is 0 Å². The maximum Gasteiger partial charge on any atom is 0.425 e. The van der Waals surface area contributed by atoms with E-state index in [1.54, 1.807) is 6.92 Å². The molecule has 0 spiro atoms. The number of nitrogens with zero attached hydrogens (tertiary/aromatic N) is 5. The van der Waals surface area contributed by atoms with Gasteiger partial charge < -0.3 is 14.6 Å². The lowest BCUT2D eigenvalue weighted by Crippen LogP contribution is -2.45. The molecule has 24 heavy (non-hydrogen) atoms. The van der Waals surface area contributed by atoms with Crippen LogP contribution in [0.25, 0.3) is 10.4 Å². The van der Waals surface area contributed by atoms with Crippen molar-refractivity contribution >= 4 is 6.09 Å². The Balaban J connectivity index is 2.49. The fourth-order valence-corrected chi connectivity index (χ4v) is 2.49. The Morgan fingerprint density at radius 1 is 1.58 bits per heavy atom. The predicted molar refractivity (Wildman–Crippen MR) is 80.7 cm³/mol. The zero-order valence-electron chi connectivity index (χ0n) is 13.2. The summed E-state index contributed by atoms with van der Waals surface area (Å²) in [4.78, 5) is 39.1. The lowest BCUT2D eigenvalue weighted by atomic mass is 10.1. The van der Waals surface area contributed by atoms with Crippen LogP contribution < -0.4 is 11.2 Å². The average molecular weight is 339 g/mol. The molecular formula is C13H17N5O6. The molecule has 11 heteroatoms. The van der Waals surface area contributed by atoms with Gasteiger partial charge in [0.05, 0.1) is 25.4 Å². The van der Waals surface area contributed by atoms with E-state index >= 15 is 0 Å². The van der Waals surface area contributed by atoms with Crippen molar-refractivity contribution in [2.24, 2.45) is 5.11 Å². The van der Waals surface area contributed by atoms with E-state index in [1.165, 1.54) is 13.1 Å². The molecule has 0 amide bonds. The van der Waals surface area contributed by atoms with E-state index in [2.05, 4.69) is 10.0 Å². The number of ether oxygens (including phenoxy) is 2. The van der Waals surface area contributed by atoms with E-state index in [-0.39, 0.29) is 18.6 Å². The van der Waals surface area contributed by atoms with Crippen LogP contribution in [0.5, 0.6) is 0 Å². The van der Waals surface area contributed by atoms with Gasteiger partial charge in [0.1, 0.15) is 6.23 Å². The van der Waals surface area contributed by atoms with Gasteiger partial charge in [-0.2, -0.15) is 4.57 Å². The largest absolute Gasteiger partial charge is 0.449 e. The van der Waals surface area contributed by atoms with Crippen molar-refractivity contribution in [1.82, 2.24) is 9.13 Å². The second-order valence-corrected chi connectivity index (χ2v) is 5.16. The van der Waals surface area contributed by atoms with Gasteiger partial charge in [0.2, 0.25) is 0 Å². The summed E-state index contributed by atoms with van der Waals surface area (Å²) in [5, 5.41) is 12.8. The van der Waals surface area contributed by atoms with Crippen LogP contribution in [0.2, 0.25) is 0 Å². The summed E-state index contributed by atoms with van der Waals surface area (Å²) in [7, 11) is 0. The number of rotatable bonds is 4. The molecule has 1 N–H and O–H groups in total. The Kier molecular flexibility index (Phi) is 5.39. The van der Waals surface area contributed by atoms with E-state index in [4.69, 9.17) is 15.0 Å². The SMILES string of the molecule is CCOC(=O)n1c(=O)c(C)cn([C@H]2C[C@H](N=[N+]=[N-])[C@@H](CO)O2)c1=O. The van der Waals surface area contributed by atoms with Crippen molar-refractivity contribution in [3.8, 4) is 0 Å². The summed E-state index contributed by atoms with van der Waals surface area (Å²) >= 11 is 0. The van der Waals surface area contributed by atoms with E-state index < -0.39 is 42.3 Å². The fraction of sp³-hybridized carbons (Fsp3) is 0.615. The predicted octanol–water partition coefficient (Wildman–Crippen LogP) is 0.282. The molecule has 2 heterocycles. The van der Waals surface area contributed by atoms with Gasteiger partial charge in [-0.1, -0.05) is 5.11 Å². The zero-order chi connectivity index (χ0) is 17.9. The van der Waals surface area contributed by atoms with Gasteiger partial charge in [-0.05, 0) is 19.4 Å². The Bertz CT molecular complexity index is 793. The van der Waals surface area contributed by atoms with Crippen molar-refractivity contribution in [3.05, 3.63) is 43.0 Å². The van der Waals surface area contributed by atoms with Crippen LogP contribution in [0.4, 0.5) is 4.79 Å². The first-order chi connectivity index (χ1) is 11.4. The van der Waals surface area contributed by atoms with Crippen LogP contribution in [0.3, 0.4) is 0 Å². The van der Waals surface area contributed by atoms with Crippen molar-refractivity contribution in [3.63, 3.8) is 0 Å². The van der Waals surface area contributed by atoms with Gasteiger partial charge in [-0.25, -0.2) is 9.59 Å². The number of azide groups is 1. The van der Waals surface area contributed by atoms with Crippen molar-refractivity contribution in [2.75, 3.05) is 13.2 Å². The number of carbonyl (C=O) groups is 1. The average Bonchev–Trinajstić information content (AvgIpc) is 2.94. The molecule has 0 unspecified atom stereocenters. The van der Waals surface area contributed by atoms with Gasteiger partial charge in [0.15, 0.2) is 0 Å². The van der Waals surface area contributed by atoms with Crippen LogP contribution in [0, 0.1) is 6.92 Å². The van der Waals surface area contributed by atoms with Crippen molar-refractivity contribution in [2.45, 2.75) is 38.6 Å². The van der Waals surface area contributed by atoms with Crippen molar-refractivity contribution < 1.29 is 19.4 Å². The summed E-state index contributed by atoms with van der Waals surface area (Å²) in [6.07, 6.45) is -1.35. The van der Waals surface area contributed by atoms with Crippen LogP contribution in [-0.4, -0.2) is 45.7 Å². The Labute approximate surface area is 135 Å². The molecule has 11 nitrogen and oxygen atoms in total. The minimum Gasteiger partial charge on any atom is -0.449 e. The molecule has 0 bridgehead atoms. The molecule has 1 aromatic heterocycles. The standard InChI is InChI=1S/C13H17N5O6/c1-3-23-13(22)18-11(20)7(2)5-17(12(18)21)10-4-8(15-16-14)9(6-19)24-10/h5,8-10,19H,3-4,6H2,1-2H3/t8-,9+,10+/m0/s1. The third-order valence-corrected chi connectivity index (χ3v) is 3.63. The van der Waals surface area contributed by atoms with Crippen molar-refractivity contribution in [1.29, 1.82) is 0 Å². The number of hydrogen-bond donors (Lipinski definition) is 1. The van der Waals surface area contributed by atoms with Crippen LogP contribution in [0.1, 0.15) is 25.1 Å². The molecule has 1 saturated heterocycles. The molecule has 0 radical (unpaired) electrons. The van der Waals surface area contributed by atoms with E-state index in [9.17, 15) is 19.5 Å². The molecule has 1 fully saturated rings. The Morgan fingerprint density at radius 3 is 2.88 bits per heavy atom. The van der Waals surface area contributed by atoms with Gasteiger partial charge in [-0.3, -0.25) is 9.36 Å². The van der Waals surface area contributed by atoms with Gasteiger partial charge in [0, 0.05) is 23.1 Å². The maximum absolute atomic E-state index is 12.5. The highest BCUT2D eigenvalue weighted by Crippen LogP contribution is 2.29. The number of hydrogen-bond acceptors (Lipinski definition) is 7. The second kappa shape index (κ2) is 7.30. The normalized spacial score (nSPS) is 22.9. The first kappa shape index (κ1) is 17.7. The molecule has 2 rings (SSSR count). The smallest absolute Gasteiger partial charge is 0.425 e. The maximum atomic E-state index is 12.5. The minimum absolute atomic E-state index is 0.00410. The number of aliphatic hydroxyl groups excluding tert-OH is 1. The lowest BCUT2D eigenvalue weighted by molar-refractivity contribution is -0.0276. The first-order valence-corrected chi connectivity index (χ1v) is 7.27. The molecule has 0 aromatic carbocycles. The third-order valence-electron chi connectivity index (χ3n) is 3.63. The minimum atomic E-state index is -1.08. The molecule has 1 aliphatic heterocycles. The highest BCUT2D eigenvalue weighted by atomic mass is 16.6. The topological polar surface area (TPSA) is 149 Å². The zero-order valence-corrected chi connectivity index (χ0v) is 13.2. The molecule has 1 aromatic rings. The molecule has 0 aliphatic carbocycles. The second-order valence-electron chi connectivity index (χ2n) is 5.16.